The molecule has 0 radical (unpaired) electrons. The van der Waals surface area contributed by atoms with E-state index in [0.717, 1.165) is 12.1 Å². The molecule has 2 aliphatic heterocycles. The first kappa shape index (κ1) is 30.9. The van der Waals surface area contributed by atoms with Gasteiger partial charge in [-0.25, -0.2) is 0 Å². The third-order valence-corrected chi connectivity index (χ3v) is 7.27. The second-order valence-electron chi connectivity index (χ2n) is 10.1. The van der Waals surface area contributed by atoms with Gasteiger partial charge in [-0.1, -0.05) is 0 Å². The number of hydrogen-bond acceptors (Lipinski definition) is 16. The highest BCUT2D eigenvalue weighted by Gasteiger charge is 2.51. The van der Waals surface area contributed by atoms with Crippen molar-refractivity contribution < 1.29 is 74.4 Å². The van der Waals surface area contributed by atoms with Gasteiger partial charge in [-0.15, -0.1) is 0 Å². The number of hydrogen-bond donors (Lipinski definition) is 10. The molecule has 10 atom stereocenters. The largest absolute Gasteiger partial charge is 0.508 e. The van der Waals surface area contributed by atoms with Gasteiger partial charge in [0.15, 0.2) is 18.2 Å². The van der Waals surface area contributed by atoms with E-state index >= 15 is 0 Å². The summed E-state index contributed by atoms with van der Waals surface area (Å²) < 4.78 is 27.9. The molecule has 16 nitrogen and oxygen atoms in total. The van der Waals surface area contributed by atoms with Gasteiger partial charge in [-0.2, -0.15) is 0 Å². The van der Waals surface area contributed by atoms with Crippen LogP contribution >= 0.6 is 0 Å². The number of phenolic OH excluding ortho intramolecular Hbond substituents is 2. The molecule has 0 spiro atoms. The van der Waals surface area contributed by atoms with Gasteiger partial charge < -0.3 is 74.4 Å². The normalized spacial score (nSPS) is 33.0. The van der Waals surface area contributed by atoms with Crippen molar-refractivity contribution in [2.45, 2.75) is 61.4 Å². The summed E-state index contributed by atoms with van der Waals surface area (Å²) >= 11 is 0. The van der Waals surface area contributed by atoms with Gasteiger partial charge in [0.1, 0.15) is 70.9 Å². The molecule has 234 valence electrons. The smallest absolute Gasteiger partial charge is 0.238 e. The molecule has 2 saturated heterocycles. The predicted molar refractivity (Wildman–Crippen MR) is 140 cm³/mol. The Hall–Kier alpha value is -3.55. The Kier molecular flexibility index (Phi) is 8.77. The SMILES string of the molecule is O=c1c(O)c(-c2ccc(O[C@@H]3O[C@H](CO)[C@@H](O)[C@H](O)[C@H]3O[C@@H]3O[C@H](CO)[C@@H](O)[C@H](O)[C@H]3O)cc2)oc2cc(O)cc(O)c12. The third-order valence-electron chi connectivity index (χ3n) is 7.27. The fourth-order valence-corrected chi connectivity index (χ4v) is 4.92. The molecule has 10 N–H and O–H groups in total. The van der Waals surface area contributed by atoms with Gasteiger partial charge in [-0.3, -0.25) is 4.79 Å². The minimum atomic E-state index is -1.84. The quantitative estimate of drug-likeness (QED) is 0.133. The second-order valence-corrected chi connectivity index (χ2v) is 10.1. The van der Waals surface area contributed by atoms with E-state index in [1.54, 1.807) is 0 Å². The summed E-state index contributed by atoms with van der Waals surface area (Å²) in [7, 11) is 0. The molecule has 0 unspecified atom stereocenters. The molecule has 1 aromatic heterocycles. The molecule has 43 heavy (non-hydrogen) atoms. The Morgan fingerprint density at radius 3 is 1.98 bits per heavy atom. The molecule has 0 amide bonds. The first-order chi connectivity index (χ1) is 20.4. The average Bonchev–Trinajstić information content (AvgIpc) is 2.98. The Morgan fingerprint density at radius 2 is 1.35 bits per heavy atom. The molecule has 0 aliphatic carbocycles. The lowest BCUT2D eigenvalue weighted by molar-refractivity contribution is -0.357. The number of aliphatic hydroxyl groups excluding tert-OH is 7. The molecular formula is C27H30O16. The van der Waals surface area contributed by atoms with E-state index in [9.17, 15) is 55.9 Å². The van der Waals surface area contributed by atoms with Crippen LogP contribution < -0.4 is 10.2 Å². The van der Waals surface area contributed by atoms with E-state index in [2.05, 4.69) is 0 Å². The van der Waals surface area contributed by atoms with E-state index in [0.29, 0.717) is 0 Å². The fourth-order valence-electron chi connectivity index (χ4n) is 4.92. The molecule has 2 fully saturated rings. The number of phenols is 2. The van der Waals surface area contributed by atoms with Crippen LogP contribution in [0.5, 0.6) is 23.0 Å². The molecule has 2 aliphatic rings. The molecule has 16 heteroatoms. The maximum Gasteiger partial charge on any atom is 0.238 e. The zero-order valence-electron chi connectivity index (χ0n) is 22.1. The third kappa shape index (κ3) is 5.73. The zero-order chi connectivity index (χ0) is 31.2. The summed E-state index contributed by atoms with van der Waals surface area (Å²) in [5.74, 6) is -2.01. The van der Waals surface area contributed by atoms with Crippen molar-refractivity contribution in [2.75, 3.05) is 13.2 Å². The van der Waals surface area contributed by atoms with Gasteiger partial charge in [-0.05, 0) is 24.3 Å². The van der Waals surface area contributed by atoms with Crippen molar-refractivity contribution in [2.24, 2.45) is 0 Å². The molecular weight excluding hydrogens is 580 g/mol. The summed E-state index contributed by atoms with van der Waals surface area (Å²) in [4.78, 5) is 12.7. The van der Waals surface area contributed by atoms with Crippen LogP contribution in [-0.4, -0.2) is 126 Å². The standard InChI is InChI=1S/C27H30O16/c28-7-14-17(32)20(35)23(38)26(41-14)43-25-21(36)18(33)15(8-29)42-27(25)39-11-3-1-9(2-4-11)24-22(37)19(34)16-12(31)5-10(30)6-13(16)40-24/h1-6,14-15,17-18,20-21,23,25-33,35-38H,7-8H2/t14-,15-,17-,18-,20+,21+,23-,25-,26+,27-/m1/s1. The van der Waals surface area contributed by atoms with Crippen LogP contribution in [0.1, 0.15) is 0 Å². The highest BCUT2D eigenvalue weighted by molar-refractivity contribution is 5.88. The van der Waals surface area contributed by atoms with Crippen molar-refractivity contribution in [1.29, 1.82) is 0 Å². The Morgan fingerprint density at radius 1 is 0.744 bits per heavy atom. The van der Waals surface area contributed by atoms with Gasteiger partial charge in [0.05, 0.1) is 13.2 Å². The lowest BCUT2D eigenvalue weighted by Gasteiger charge is -2.45. The summed E-state index contributed by atoms with van der Waals surface area (Å²) in [5.41, 5.74) is -0.962. The maximum atomic E-state index is 12.7. The van der Waals surface area contributed by atoms with E-state index < -0.39 is 91.6 Å². The van der Waals surface area contributed by atoms with Gasteiger partial charge >= 0.3 is 0 Å². The summed E-state index contributed by atoms with van der Waals surface area (Å²) in [6.45, 7) is -1.47. The lowest BCUT2D eigenvalue weighted by Crippen LogP contribution is -2.65. The van der Waals surface area contributed by atoms with Crippen LogP contribution in [0.2, 0.25) is 0 Å². The molecule has 2 aromatic carbocycles. The first-order valence-electron chi connectivity index (χ1n) is 13.0. The maximum absolute atomic E-state index is 12.7. The Labute approximate surface area is 241 Å². The predicted octanol–water partition coefficient (Wildman–Crippen LogP) is -2.42. The van der Waals surface area contributed by atoms with Crippen LogP contribution in [0.25, 0.3) is 22.3 Å². The summed E-state index contributed by atoms with van der Waals surface area (Å²) in [5, 5.41) is 101. The number of rotatable bonds is 7. The van der Waals surface area contributed by atoms with Crippen LogP contribution in [0.4, 0.5) is 0 Å². The molecule has 0 saturated carbocycles. The van der Waals surface area contributed by atoms with Gasteiger partial charge in [0.25, 0.3) is 0 Å². The van der Waals surface area contributed by atoms with Crippen LogP contribution in [0, 0.1) is 0 Å². The molecule has 3 heterocycles. The molecule has 0 bridgehead atoms. The van der Waals surface area contributed by atoms with Crippen molar-refractivity contribution >= 4 is 11.0 Å². The number of benzene rings is 2. The summed E-state index contributed by atoms with van der Waals surface area (Å²) in [6, 6.07) is 7.44. The van der Waals surface area contributed by atoms with Crippen LogP contribution in [-0.2, 0) is 14.2 Å². The van der Waals surface area contributed by atoms with E-state index in [-0.39, 0.29) is 33.8 Å². The Balaban J connectivity index is 1.41. The average molecular weight is 611 g/mol. The van der Waals surface area contributed by atoms with E-state index in [1.165, 1.54) is 24.3 Å². The minimum Gasteiger partial charge on any atom is -0.508 e. The van der Waals surface area contributed by atoms with Gasteiger partial charge in [0, 0.05) is 17.7 Å². The van der Waals surface area contributed by atoms with Crippen molar-refractivity contribution in [3.05, 3.63) is 46.6 Å². The van der Waals surface area contributed by atoms with E-state index in [1.807, 2.05) is 0 Å². The number of aliphatic hydroxyl groups is 7. The number of ether oxygens (including phenoxy) is 4. The van der Waals surface area contributed by atoms with E-state index in [4.69, 9.17) is 23.4 Å². The van der Waals surface area contributed by atoms with Crippen molar-refractivity contribution in [3.8, 4) is 34.3 Å². The van der Waals surface area contributed by atoms with Crippen molar-refractivity contribution in [1.82, 2.24) is 0 Å². The highest BCUT2D eigenvalue weighted by Crippen LogP contribution is 2.36. The lowest BCUT2D eigenvalue weighted by atomic mass is 9.97. The van der Waals surface area contributed by atoms with Gasteiger partial charge in [0.2, 0.25) is 17.5 Å². The molecule has 5 rings (SSSR count). The topological polar surface area (TPSA) is 269 Å². The minimum absolute atomic E-state index is 0.0503. The monoisotopic (exact) mass is 610 g/mol. The number of aromatic hydroxyl groups is 3. The van der Waals surface area contributed by atoms with Crippen molar-refractivity contribution in [3.63, 3.8) is 0 Å². The summed E-state index contributed by atoms with van der Waals surface area (Å²) in [6.07, 6.45) is -16.3. The highest BCUT2D eigenvalue weighted by atomic mass is 16.8. The zero-order valence-corrected chi connectivity index (χ0v) is 22.1. The first-order valence-corrected chi connectivity index (χ1v) is 13.0. The van der Waals surface area contributed by atoms with Crippen LogP contribution in [0.3, 0.4) is 0 Å². The Bertz CT molecular complexity index is 1490. The molecule has 3 aromatic rings. The fraction of sp³-hybridized carbons (Fsp3) is 0.444. The van der Waals surface area contributed by atoms with Crippen LogP contribution in [0.15, 0.2) is 45.6 Å². The second kappa shape index (κ2) is 12.2. The number of fused-ring (bicyclic) bond motifs is 1.